The number of hydrogen-bond acceptors (Lipinski definition) is 1. The average Bonchev–Trinajstić information content (AvgIpc) is 3.27. The van der Waals surface area contributed by atoms with Crippen molar-refractivity contribution in [2.24, 2.45) is 51.2 Å². The fourth-order valence-electron chi connectivity index (χ4n) is 10.6. The van der Waals surface area contributed by atoms with Gasteiger partial charge in [-0.25, -0.2) is 0 Å². The molecule has 2 spiro atoms. The van der Waals surface area contributed by atoms with E-state index in [1.807, 2.05) is 0 Å². The van der Waals surface area contributed by atoms with Gasteiger partial charge in [-0.2, -0.15) is 0 Å². The van der Waals surface area contributed by atoms with Gasteiger partial charge >= 0.3 is 0 Å². The van der Waals surface area contributed by atoms with Crippen LogP contribution >= 0.6 is 0 Å². The molecule has 2 unspecified atom stereocenters. The van der Waals surface area contributed by atoms with E-state index in [1.165, 1.54) is 69.8 Å². The van der Waals surface area contributed by atoms with Gasteiger partial charge in [-0.05, 0) is 123 Å². The Morgan fingerprint density at radius 2 is 1.80 bits per heavy atom. The standard InChI is InChI=1S/C29H46O/c1-19(2)8-7-9-20(3)22-12-14-27(6)25-11-10-23-21(4)24(30)13-15-28(23)18-29(25,28)17-16-26(22,27)5/h8,20-23,25H,7,9-18H2,1-6H3/t20-,21-,22-,23+,25+,26-,27+,28?,29?/m1/s1. The number of rotatable bonds is 4. The van der Waals surface area contributed by atoms with Gasteiger partial charge in [-0.3, -0.25) is 4.79 Å². The molecule has 0 aliphatic heterocycles. The molecule has 5 fully saturated rings. The van der Waals surface area contributed by atoms with E-state index in [-0.39, 0.29) is 0 Å². The summed E-state index contributed by atoms with van der Waals surface area (Å²) in [4.78, 5) is 12.5. The van der Waals surface area contributed by atoms with Crippen LogP contribution in [0.25, 0.3) is 0 Å². The lowest BCUT2D eigenvalue weighted by molar-refractivity contribution is -0.146. The van der Waals surface area contributed by atoms with Crippen molar-refractivity contribution >= 4 is 5.78 Å². The van der Waals surface area contributed by atoms with Crippen molar-refractivity contribution in [3.8, 4) is 0 Å². The molecule has 9 atom stereocenters. The quantitative estimate of drug-likeness (QED) is 0.429. The minimum atomic E-state index is 0.339. The Hall–Kier alpha value is -0.590. The fourth-order valence-corrected chi connectivity index (χ4v) is 10.6. The van der Waals surface area contributed by atoms with Crippen LogP contribution in [0.15, 0.2) is 11.6 Å². The molecule has 0 bridgehead atoms. The summed E-state index contributed by atoms with van der Waals surface area (Å²) in [5.41, 5.74) is 3.69. The number of Topliss-reactive ketones (excluding diaryl/α,β-unsaturated/α-hetero) is 1. The number of fused-ring (bicyclic) bond motifs is 2. The highest BCUT2D eigenvalue weighted by molar-refractivity contribution is 5.82. The molecule has 0 aromatic heterocycles. The molecule has 0 saturated heterocycles. The molecule has 0 radical (unpaired) electrons. The Morgan fingerprint density at radius 1 is 1.03 bits per heavy atom. The summed E-state index contributed by atoms with van der Waals surface area (Å²) >= 11 is 0. The van der Waals surface area contributed by atoms with Crippen LogP contribution in [0.2, 0.25) is 0 Å². The highest BCUT2D eigenvalue weighted by Crippen LogP contribution is 2.88. The van der Waals surface area contributed by atoms with Gasteiger partial charge in [0.05, 0.1) is 0 Å². The van der Waals surface area contributed by atoms with E-state index in [2.05, 4.69) is 47.6 Å². The summed E-state index contributed by atoms with van der Waals surface area (Å²) in [6.45, 7) is 14.7. The molecular formula is C29H46O. The van der Waals surface area contributed by atoms with Gasteiger partial charge in [0.15, 0.2) is 0 Å². The lowest BCUT2D eigenvalue weighted by Gasteiger charge is -2.61. The third-order valence-electron chi connectivity index (χ3n) is 12.4. The Balaban J connectivity index is 1.40. The number of allylic oxidation sites excluding steroid dienone is 2. The van der Waals surface area contributed by atoms with Crippen molar-refractivity contribution in [3.05, 3.63) is 11.6 Å². The lowest BCUT2D eigenvalue weighted by Crippen LogP contribution is -2.55. The summed E-state index contributed by atoms with van der Waals surface area (Å²) < 4.78 is 0. The third-order valence-corrected chi connectivity index (χ3v) is 12.4. The zero-order chi connectivity index (χ0) is 21.5. The van der Waals surface area contributed by atoms with Gasteiger partial charge in [0, 0.05) is 12.3 Å². The lowest BCUT2D eigenvalue weighted by atomic mass is 9.43. The maximum absolute atomic E-state index is 12.5. The van der Waals surface area contributed by atoms with Crippen molar-refractivity contribution in [2.75, 3.05) is 0 Å². The minimum Gasteiger partial charge on any atom is -0.299 e. The molecule has 0 aromatic carbocycles. The molecule has 0 amide bonds. The van der Waals surface area contributed by atoms with E-state index in [1.54, 1.807) is 0 Å². The van der Waals surface area contributed by atoms with Gasteiger partial charge < -0.3 is 0 Å². The smallest absolute Gasteiger partial charge is 0.136 e. The molecule has 0 heterocycles. The predicted molar refractivity (Wildman–Crippen MR) is 125 cm³/mol. The number of carbonyl (C=O) groups is 1. The van der Waals surface area contributed by atoms with Gasteiger partial charge in [-0.1, -0.05) is 39.3 Å². The molecule has 30 heavy (non-hydrogen) atoms. The van der Waals surface area contributed by atoms with Crippen LogP contribution in [0.3, 0.4) is 0 Å². The second-order valence-electron chi connectivity index (χ2n) is 13.3. The van der Waals surface area contributed by atoms with E-state index in [4.69, 9.17) is 0 Å². The summed E-state index contributed by atoms with van der Waals surface area (Å²) in [5.74, 6) is 4.30. The maximum Gasteiger partial charge on any atom is 0.136 e. The van der Waals surface area contributed by atoms with Gasteiger partial charge in [0.1, 0.15) is 5.78 Å². The molecular weight excluding hydrogens is 364 g/mol. The second kappa shape index (κ2) is 6.71. The van der Waals surface area contributed by atoms with E-state index < -0.39 is 0 Å². The molecule has 0 aromatic rings. The van der Waals surface area contributed by atoms with Crippen LogP contribution in [0.5, 0.6) is 0 Å². The first-order valence-electron chi connectivity index (χ1n) is 13.3. The van der Waals surface area contributed by atoms with Crippen LogP contribution in [0.1, 0.15) is 112 Å². The Kier molecular flexibility index (Phi) is 4.75. The van der Waals surface area contributed by atoms with Crippen LogP contribution in [0.4, 0.5) is 0 Å². The SMILES string of the molecule is CC(C)=CCC[C@@H](C)[C@H]1CC[C@@]2(C)[C@@H]3CC[C@H]4[C@@H](C)C(=O)CCC45CC35CC[C@]12C. The summed E-state index contributed by atoms with van der Waals surface area (Å²) in [7, 11) is 0. The number of hydrogen-bond donors (Lipinski definition) is 0. The van der Waals surface area contributed by atoms with Crippen LogP contribution in [0, 0.1) is 51.2 Å². The van der Waals surface area contributed by atoms with Crippen LogP contribution in [-0.2, 0) is 4.79 Å². The molecule has 1 nitrogen and oxygen atoms in total. The Morgan fingerprint density at radius 3 is 2.53 bits per heavy atom. The van der Waals surface area contributed by atoms with E-state index in [0.29, 0.717) is 39.3 Å². The Labute approximate surface area is 185 Å². The fraction of sp³-hybridized carbons (Fsp3) is 0.897. The van der Waals surface area contributed by atoms with E-state index in [9.17, 15) is 4.79 Å². The summed E-state index contributed by atoms with van der Waals surface area (Å²) in [5, 5.41) is 0. The average molecular weight is 411 g/mol. The summed E-state index contributed by atoms with van der Waals surface area (Å²) in [6, 6.07) is 0. The zero-order valence-corrected chi connectivity index (χ0v) is 20.7. The largest absolute Gasteiger partial charge is 0.299 e. The third kappa shape index (κ3) is 2.50. The number of carbonyl (C=O) groups excluding carboxylic acids is 1. The van der Waals surface area contributed by atoms with Gasteiger partial charge in [0.25, 0.3) is 0 Å². The van der Waals surface area contributed by atoms with Crippen molar-refractivity contribution in [1.82, 2.24) is 0 Å². The normalized spacial score (nSPS) is 52.5. The van der Waals surface area contributed by atoms with Gasteiger partial charge in [0.2, 0.25) is 0 Å². The first-order valence-corrected chi connectivity index (χ1v) is 13.3. The summed E-state index contributed by atoms with van der Waals surface area (Å²) in [6.07, 6.45) is 17.2. The molecule has 5 rings (SSSR count). The van der Waals surface area contributed by atoms with Crippen LogP contribution < -0.4 is 0 Å². The second-order valence-corrected chi connectivity index (χ2v) is 13.3. The van der Waals surface area contributed by atoms with E-state index >= 15 is 0 Å². The molecule has 168 valence electrons. The van der Waals surface area contributed by atoms with Crippen molar-refractivity contribution in [2.45, 2.75) is 112 Å². The highest BCUT2D eigenvalue weighted by atomic mass is 16.1. The first kappa shape index (κ1) is 21.3. The van der Waals surface area contributed by atoms with Crippen molar-refractivity contribution < 1.29 is 4.79 Å². The first-order chi connectivity index (χ1) is 14.1. The highest BCUT2D eigenvalue weighted by Gasteiger charge is 2.81. The molecule has 5 aliphatic rings. The monoisotopic (exact) mass is 410 g/mol. The predicted octanol–water partition coefficient (Wildman–Crippen LogP) is 7.99. The minimum absolute atomic E-state index is 0.339. The Bertz CT molecular complexity index is 760. The van der Waals surface area contributed by atoms with Crippen molar-refractivity contribution in [3.63, 3.8) is 0 Å². The van der Waals surface area contributed by atoms with Crippen molar-refractivity contribution in [1.29, 1.82) is 0 Å². The molecule has 5 saturated carbocycles. The zero-order valence-electron chi connectivity index (χ0n) is 20.7. The number of ketones is 1. The molecule has 1 heteroatoms. The topological polar surface area (TPSA) is 17.1 Å². The van der Waals surface area contributed by atoms with Gasteiger partial charge in [-0.15, -0.1) is 0 Å². The molecule has 5 aliphatic carbocycles. The maximum atomic E-state index is 12.5. The molecule has 0 N–H and O–H groups in total. The van der Waals surface area contributed by atoms with E-state index in [0.717, 1.165) is 24.2 Å². The van der Waals surface area contributed by atoms with Crippen LogP contribution in [-0.4, -0.2) is 5.78 Å².